The lowest BCUT2D eigenvalue weighted by molar-refractivity contribution is 0.0950. The van der Waals surface area contributed by atoms with Gasteiger partial charge in [0.25, 0.3) is 11.5 Å². The summed E-state index contributed by atoms with van der Waals surface area (Å²) in [5.74, 6) is -0.221. The van der Waals surface area contributed by atoms with Gasteiger partial charge < -0.3 is 20.9 Å². The fourth-order valence-electron chi connectivity index (χ4n) is 5.33. The van der Waals surface area contributed by atoms with E-state index in [1.165, 1.54) is 0 Å². The normalized spacial score (nSPS) is 17.5. The Morgan fingerprint density at radius 1 is 1.08 bits per heavy atom. The van der Waals surface area contributed by atoms with Crippen molar-refractivity contribution in [1.29, 1.82) is 0 Å². The second-order valence-corrected chi connectivity index (χ2v) is 10.2. The minimum absolute atomic E-state index is 0.154. The zero-order valence-electron chi connectivity index (χ0n) is 22.5. The molecular formula is C29H38N6O2. The van der Waals surface area contributed by atoms with E-state index in [-0.39, 0.29) is 24.1 Å². The number of nitrogens with zero attached hydrogens (tertiary/aromatic N) is 3. The number of aryl methyl sites for hydroxylation is 3. The van der Waals surface area contributed by atoms with Gasteiger partial charge in [-0.05, 0) is 89.6 Å². The van der Waals surface area contributed by atoms with E-state index in [2.05, 4.69) is 38.2 Å². The van der Waals surface area contributed by atoms with E-state index < -0.39 is 0 Å². The molecule has 2 heterocycles. The van der Waals surface area contributed by atoms with Crippen molar-refractivity contribution < 1.29 is 4.79 Å². The van der Waals surface area contributed by atoms with E-state index >= 15 is 0 Å². The molecule has 0 saturated heterocycles. The number of benzene rings is 1. The predicted molar refractivity (Wildman–Crippen MR) is 148 cm³/mol. The van der Waals surface area contributed by atoms with Crippen LogP contribution in [0.1, 0.15) is 71.0 Å². The Labute approximate surface area is 218 Å². The van der Waals surface area contributed by atoms with E-state index in [0.29, 0.717) is 22.9 Å². The number of aromatic amines is 1. The van der Waals surface area contributed by atoms with Gasteiger partial charge in [0.15, 0.2) is 0 Å². The Bertz CT molecular complexity index is 1320. The third-order valence-corrected chi connectivity index (χ3v) is 7.45. The molecule has 8 heteroatoms. The van der Waals surface area contributed by atoms with Gasteiger partial charge >= 0.3 is 0 Å². The molecule has 3 aromatic rings. The molecule has 2 aromatic heterocycles. The molecule has 8 nitrogen and oxygen atoms in total. The van der Waals surface area contributed by atoms with Crippen LogP contribution in [0.2, 0.25) is 0 Å². The highest BCUT2D eigenvalue weighted by atomic mass is 16.1. The highest BCUT2D eigenvalue weighted by Crippen LogP contribution is 2.34. The van der Waals surface area contributed by atoms with Crippen LogP contribution in [0.4, 0.5) is 5.69 Å². The highest BCUT2D eigenvalue weighted by Gasteiger charge is 2.27. The molecule has 0 aliphatic heterocycles. The van der Waals surface area contributed by atoms with Crippen LogP contribution in [0.5, 0.6) is 0 Å². The molecule has 1 aliphatic carbocycles. The molecule has 4 rings (SSSR count). The average Bonchev–Trinajstić information content (AvgIpc) is 2.86. The lowest BCUT2D eigenvalue weighted by Crippen LogP contribution is -2.41. The minimum Gasteiger partial charge on any atom is -0.369 e. The molecule has 0 spiro atoms. The van der Waals surface area contributed by atoms with Gasteiger partial charge in [0.05, 0.1) is 17.6 Å². The summed E-state index contributed by atoms with van der Waals surface area (Å²) in [7, 11) is 0. The van der Waals surface area contributed by atoms with Crippen molar-refractivity contribution in [3.8, 4) is 11.3 Å². The molecule has 1 saturated carbocycles. The fraction of sp³-hybridized carbons (Fsp3) is 0.448. The van der Waals surface area contributed by atoms with Crippen LogP contribution in [-0.2, 0) is 6.54 Å². The number of H-pyrrole nitrogens is 1. The maximum atomic E-state index is 13.6. The number of nitrogens with one attached hydrogen (secondary N) is 2. The molecule has 0 unspecified atom stereocenters. The van der Waals surface area contributed by atoms with Crippen molar-refractivity contribution in [3.63, 3.8) is 0 Å². The van der Waals surface area contributed by atoms with Crippen molar-refractivity contribution in [2.75, 3.05) is 11.4 Å². The van der Waals surface area contributed by atoms with Crippen molar-refractivity contribution >= 4 is 11.6 Å². The fourth-order valence-corrected chi connectivity index (χ4v) is 5.33. The van der Waals surface area contributed by atoms with Gasteiger partial charge in [-0.2, -0.15) is 0 Å². The van der Waals surface area contributed by atoms with Gasteiger partial charge in [-0.1, -0.05) is 0 Å². The van der Waals surface area contributed by atoms with Gasteiger partial charge in [-0.3, -0.25) is 19.6 Å². The molecule has 1 amide bonds. The van der Waals surface area contributed by atoms with Gasteiger partial charge in [0, 0.05) is 59.4 Å². The van der Waals surface area contributed by atoms with E-state index in [4.69, 9.17) is 5.73 Å². The first-order valence-electron chi connectivity index (χ1n) is 13.1. The summed E-state index contributed by atoms with van der Waals surface area (Å²) in [5, 5.41) is 2.98. The monoisotopic (exact) mass is 502 g/mol. The summed E-state index contributed by atoms with van der Waals surface area (Å²) >= 11 is 0. The molecule has 1 aliphatic rings. The molecule has 0 radical (unpaired) electrons. The van der Waals surface area contributed by atoms with E-state index in [9.17, 15) is 9.59 Å². The topological polar surface area (TPSA) is 117 Å². The number of pyridine rings is 1. The SMILES string of the molecule is CCN(c1cc(-c2cnc(C)cn2)cc(C(=O)NCc2c(C)cc(C)[nH]c2=O)c1C)C1CCC(N)CC1. The summed E-state index contributed by atoms with van der Waals surface area (Å²) in [5.41, 5.74) is 13.1. The van der Waals surface area contributed by atoms with Gasteiger partial charge in [-0.25, -0.2) is 0 Å². The van der Waals surface area contributed by atoms with Gasteiger partial charge in [0.2, 0.25) is 0 Å². The van der Waals surface area contributed by atoms with E-state index in [1.54, 1.807) is 12.4 Å². The van der Waals surface area contributed by atoms with E-state index in [0.717, 1.165) is 66.0 Å². The Morgan fingerprint density at radius 3 is 2.43 bits per heavy atom. The number of carbonyl (C=O) groups excluding carboxylic acids is 1. The van der Waals surface area contributed by atoms with Crippen LogP contribution >= 0.6 is 0 Å². The summed E-state index contributed by atoms with van der Waals surface area (Å²) in [4.78, 5) is 40.3. The lowest BCUT2D eigenvalue weighted by Gasteiger charge is -2.38. The smallest absolute Gasteiger partial charge is 0.253 e. The molecule has 196 valence electrons. The third-order valence-electron chi connectivity index (χ3n) is 7.45. The first kappa shape index (κ1) is 26.5. The number of rotatable bonds is 7. The first-order chi connectivity index (χ1) is 17.7. The number of anilines is 1. The van der Waals surface area contributed by atoms with Crippen molar-refractivity contribution in [2.24, 2.45) is 5.73 Å². The third kappa shape index (κ3) is 5.91. The molecule has 0 atom stereocenters. The average molecular weight is 503 g/mol. The molecular weight excluding hydrogens is 464 g/mol. The molecule has 0 bridgehead atoms. The van der Waals surface area contributed by atoms with Gasteiger partial charge in [-0.15, -0.1) is 0 Å². The summed E-state index contributed by atoms with van der Waals surface area (Å²) in [6.45, 7) is 10.8. The Hall–Kier alpha value is -3.52. The van der Waals surface area contributed by atoms with Crippen LogP contribution in [0, 0.1) is 27.7 Å². The Morgan fingerprint density at radius 2 is 1.81 bits per heavy atom. The van der Waals surface area contributed by atoms with Crippen molar-refractivity contribution in [3.05, 3.63) is 74.6 Å². The van der Waals surface area contributed by atoms with Crippen LogP contribution in [0.15, 0.2) is 35.4 Å². The number of nitrogens with two attached hydrogens (primary N) is 1. The molecule has 1 fully saturated rings. The quantitative estimate of drug-likeness (QED) is 0.448. The number of hydrogen-bond acceptors (Lipinski definition) is 6. The number of hydrogen-bond donors (Lipinski definition) is 3. The van der Waals surface area contributed by atoms with Crippen molar-refractivity contribution in [1.82, 2.24) is 20.3 Å². The zero-order valence-corrected chi connectivity index (χ0v) is 22.5. The minimum atomic E-state index is -0.221. The largest absolute Gasteiger partial charge is 0.369 e. The molecule has 4 N–H and O–H groups in total. The summed E-state index contributed by atoms with van der Waals surface area (Å²) in [6, 6.07) is 6.55. The maximum Gasteiger partial charge on any atom is 0.253 e. The number of carbonyl (C=O) groups is 1. The Kier molecular flexibility index (Phi) is 8.07. The van der Waals surface area contributed by atoms with Crippen LogP contribution < -0.4 is 21.5 Å². The zero-order chi connectivity index (χ0) is 26.7. The van der Waals surface area contributed by atoms with E-state index in [1.807, 2.05) is 39.8 Å². The summed E-state index contributed by atoms with van der Waals surface area (Å²) in [6.07, 6.45) is 7.54. The lowest BCUT2D eigenvalue weighted by atomic mass is 9.89. The predicted octanol–water partition coefficient (Wildman–Crippen LogP) is 4.09. The highest BCUT2D eigenvalue weighted by molar-refractivity contribution is 5.98. The van der Waals surface area contributed by atoms with Crippen LogP contribution in [0.25, 0.3) is 11.3 Å². The number of amides is 1. The molecule has 37 heavy (non-hydrogen) atoms. The first-order valence-corrected chi connectivity index (χ1v) is 13.1. The second kappa shape index (κ2) is 11.3. The standard InChI is InChI=1S/C29H38N6O2/c1-6-35(23-9-7-22(30)8-10-23)27-13-21(26-16-31-19(4)14-32-26)12-24(20(27)5)28(36)33-15-25-17(2)11-18(3)34-29(25)37/h11-14,16,22-23H,6-10,15,30H2,1-5H3,(H,33,36)(H,34,37). The Balaban J connectivity index is 1.72. The summed E-state index contributed by atoms with van der Waals surface area (Å²) < 4.78 is 0. The maximum absolute atomic E-state index is 13.6. The second-order valence-electron chi connectivity index (χ2n) is 10.2. The van der Waals surface area contributed by atoms with Gasteiger partial charge in [0.1, 0.15) is 0 Å². The van der Waals surface area contributed by atoms with Crippen molar-refractivity contribution in [2.45, 2.75) is 78.9 Å². The number of aromatic nitrogens is 3. The van der Waals surface area contributed by atoms with Crippen LogP contribution in [0.3, 0.4) is 0 Å². The van der Waals surface area contributed by atoms with Crippen LogP contribution in [-0.4, -0.2) is 39.5 Å². The molecule has 1 aromatic carbocycles.